The zero-order valence-electron chi connectivity index (χ0n) is 9.45. The maximum atomic E-state index is 11.9. The lowest BCUT2D eigenvalue weighted by Crippen LogP contribution is -2.22. The fourth-order valence-corrected chi connectivity index (χ4v) is 3.23. The van der Waals surface area contributed by atoms with Crippen LogP contribution in [0.25, 0.3) is 0 Å². The number of alkyl halides is 1. The van der Waals surface area contributed by atoms with Crippen LogP contribution in [0.1, 0.15) is 20.8 Å². The van der Waals surface area contributed by atoms with Gasteiger partial charge in [0.25, 0.3) is 5.91 Å². The standard InChI is InChI=1S/C13H11Br2NOS/c14-6-9-1-3-10(4-2-9)13(17)16-7-12-5-11(15)8-18-12/h1-5,8H,6-7H2,(H,16,17). The van der Waals surface area contributed by atoms with E-state index in [1.165, 1.54) is 0 Å². The van der Waals surface area contributed by atoms with Crippen molar-refractivity contribution in [2.24, 2.45) is 0 Å². The van der Waals surface area contributed by atoms with Crippen LogP contribution >= 0.6 is 43.2 Å². The Hall–Kier alpha value is -0.650. The van der Waals surface area contributed by atoms with E-state index in [9.17, 15) is 4.79 Å². The van der Waals surface area contributed by atoms with Crippen LogP contribution in [0.2, 0.25) is 0 Å². The summed E-state index contributed by atoms with van der Waals surface area (Å²) in [6.45, 7) is 0.565. The largest absolute Gasteiger partial charge is 0.347 e. The van der Waals surface area contributed by atoms with Gasteiger partial charge in [0.05, 0.1) is 6.54 Å². The number of thiophene rings is 1. The van der Waals surface area contributed by atoms with E-state index in [4.69, 9.17) is 0 Å². The van der Waals surface area contributed by atoms with Gasteiger partial charge in [-0.15, -0.1) is 11.3 Å². The zero-order valence-corrected chi connectivity index (χ0v) is 13.4. The lowest BCUT2D eigenvalue weighted by molar-refractivity contribution is 0.0951. The molecule has 18 heavy (non-hydrogen) atoms. The molecule has 0 saturated carbocycles. The van der Waals surface area contributed by atoms with E-state index in [2.05, 4.69) is 37.2 Å². The first-order valence-corrected chi connectivity index (χ1v) is 8.14. The highest BCUT2D eigenvalue weighted by Crippen LogP contribution is 2.19. The second kappa shape index (κ2) is 6.50. The normalized spacial score (nSPS) is 10.3. The minimum Gasteiger partial charge on any atom is -0.347 e. The number of benzene rings is 1. The van der Waals surface area contributed by atoms with E-state index in [1.807, 2.05) is 35.7 Å². The van der Waals surface area contributed by atoms with Gasteiger partial charge < -0.3 is 5.32 Å². The third kappa shape index (κ3) is 3.67. The Morgan fingerprint density at radius 1 is 1.28 bits per heavy atom. The number of carbonyl (C=O) groups is 1. The quantitative estimate of drug-likeness (QED) is 0.775. The molecule has 0 atom stereocenters. The predicted molar refractivity (Wildman–Crippen MR) is 82.3 cm³/mol. The first-order chi connectivity index (χ1) is 8.69. The summed E-state index contributed by atoms with van der Waals surface area (Å²) in [6.07, 6.45) is 0. The number of rotatable bonds is 4. The van der Waals surface area contributed by atoms with Crippen molar-refractivity contribution in [3.8, 4) is 0 Å². The summed E-state index contributed by atoms with van der Waals surface area (Å²) in [7, 11) is 0. The van der Waals surface area contributed by atoms with Gasteiger partial charge in [-0.1, -0.05) is 28.1 Å². The van der Waals surface area contributed by atoms with Crippen molar-refractivity contribution in [2.75, 3.05) is 0 Å². The SMILES string of the molecule is O=C(NCc1cc(Br)cs1)c1ccc(CBr)cc1. The molecule has 5 heteroatoms. The average Bonchev–Trinajstić information content (AvgIpc) is 2.82. The van der Waals surface area contributed by atoms with E-state index in [0.29, 0.717) is 12.1 Å². The molecule has 1 aromatic heterocycles. The Morgan fingerprint density at radius 2 is 2.00 bits per heavy atom. The molecule has 0 aliphatic carbocycles. The minimum atomic E-state index is -0.0411. The molecule has 1 N–H and O–H groups in total. The molecule has 1 aromatic carbocycles. The Bertz CT molecular complexity index is 536. The van der Waals surface area contributed by atoms with E-state index in [0.717, 1.165) is 20.2 Å². The summed E-state index contributed by atoms with van der Waals surface area (Å²) in [4.78, 5) is 13.0. The Balaban J connectivity index is 1.94. The molecule has 0 radical (unpaired) electrons. The van der Waals surface area contributed by atoms with Crippen LogP contribution in [0.4, 0.5) is 0 Å². The third-order valence-corrected chi connectivity index (χ3v) is 4.76. The van der Waals surface area contributed by atoms with Crippen LogP contribution in [-0.2, 0) is 11.9 Å². The summed E-state index contributed by atoms with van der Waals surface area (Å²) in [5, 5.41) is 5.71. The van der Waals surface area contributed by atoms with Gasteiger partial charge >= 0.3 is 0 Å². The first-order valence-electron chi connectivity index (χ1n) is 5.35. The number of carbonyl (C=O) groups excluding carboxylic acids is 1. The number of hydrogen-bond donors (Lipinski definition) is 1. The van der Waals surface area contributed by atoms with Crippen LogP contribution in [0.15, 0.2) is 40.2 Å². The molecule has 0 aliphatic rings. The molecule has 0 fully saturated rings. The number of halogens is 2. The number of amides is 1. The summed E-state index contributed by atoms with van der Waals surface area (Å²) >= 11 is 8.40. The smallest absolute Gasteiger partial charge is 0.251 e. The second-order valence-electron chi connectivity index (χ2n) is 3.74. The predicted octanol–water partition coefficient (Wildman–Crippen LogP) is 4.34. The van der Waals surface area contributed by atoms with Gasteiger partial charge in [0.15, 0.2) is 0 Å². The van der Waals surface area contributed by atoms with Gasteiger partial charge in [0.1, 0.15) is 0 Å². The van der Waals surface area contributed by atoms with Crippen molar-refractivity contribution in [1.82, 2.24) is 5.32 Å². The summed E-state index contributed by atoms with van der Waals surface area (Å²) in [6, 6.07) is 9.60. The molecule has 2 nitrogen and oxygen atoms in total. The van der Waals surface area contributed by atoms with Gasteiger partial charge in [-0.2, -0.15) is 0 Å². The maximum absolute atomic E-state index is 11.9. The van der Waals surface area contributed by atoms with Crippen LogP contribution in [0, 0.1) is 0 Å². The van der Waals surface area contributed by atoms with Crippen LogP contribution in [0.3, 0.4) is 0 Å². The van der Waals surface area contributed by atoms with Crippen molar-refractivity contribution in [2.45, 2.75) is 11.9 Å². The van der Waals surface area contributed by atoms with E-state index in [-0.39, 0.29) is 5.91 Å². The second-order valence-corrected chi connectivity index (χ2v) is 6.22. The molecular formula is C13H11Br2NOS. The minimum absolute atomic E-state index is 0.0411. The van der Waals surface area contributed by atoms with E-state index < -0.39 is 0 Å². The summed E-state index contributed by atoms with van der Waals surface area (Å²) in [5.41, 5.74) is 1.85. The van der Waals surface area contributed by atoms with Crippen molar-refractivity contribution in [3.63, 3.8) is 0 Å². The Morgan fingerprint density at radius 3 is 2.56 bits per heavy atom. The maximum Gasteiger partial charge on any atom is 0.251 e. The molecule has 2 rings (SSSR count). The third-order valence-electron chi connectivity index (χ3n) is 2.42. The van der Waals surface area contributed by atoms with Crippen LogP contribution < -0.4 is 5.32 Å². The van der Waals surface area contributed by atoms with Crippen molar-refractivity contribution in [1.29, 1.82) is 0 Å². The zero-order chi connectivity index (χ0) is 13.0. The van der Waals surface area contributed by atoms with Gasteiger partial charge in [0, 0.05) is 25.6 Å². The van der Waals surface area contributed by atoms with Gasteiger partial charge in [-0.25, -0.2) is 0 Å². The van der Waals surface area contributed by atoms with Crippen molar-refractivity contribution in [3.05, 3.63) is 56.2 Å². The molecule has 0 unspecified atom stereocenters. The molecule has 0 spiro atoms. The van der Waals surface area contributed by atoms with Crippen LogP contribution in [-0.4, -0.2) is 5.91 Å². The average molecular weight is 389 g/mol. The van der Waals surface area contributed by atoms with Gasteiger partial charge in [-0.3, -0.25) is 4.79 Å². The molecule has 0 aliphatic heterocycles. The monoisotopic (exact) mass is 387 g/mol. The molecule has 94 valence electrons. The molecule has 2 aromatic rings. The Kier molecular flexibility index (Phi) is 4.97. The molecular weight excluding hydrogens is 378 g/mol. The van der Waals surface area contributed by atoms with E-state index >= 15 is 0 Å². The van der Waals surface area contributed by atoms with Gasteiger partial charge in [0.2, 0.25) is 0 Å². The molecule has 1 heterocycles. The highest BCUT2D eigenvalue weighted by Gasteiger charge is 2.05. The molecule has 1 amide bonds. The highest BCUT2D eigenvalue weighted by atomic mass is 79.9. The lowest BCUT2D eigenvalue weighted by atomic mass is 10.1. The van der Waals surface area contributed by atoms with Crippen molar-refractivity contribution >= 4 is 49.1 Å². The molecule has 0 saturated heterocycles. The Labute approximate surface area is 127 Å². The number of nitrogens with one attached hydrogen (secondary N) is 1. The highest BCUT2D eigenvalue weighted by molar-refractivity contribution is 9.10. The van der Waals surface area contributed by atoms with E-state index in [1.54, 1.807) is 11.3 Å². The van der Waals surface area contributed by atoms with Crippen molar-refractivity contribution < 1.29 is 4.79 Å². The summed E-state index contributed by atoms with van der Waals surface area (Å²) < 4.78 is 1.05. The lowest BCUT2D eigenvalue weighted by Gasteiger charge is -2.04. The fourth-order valence-electron chi connectivity index (χ4n) is 1.46. The molecule has 0 bridgehead atoms. The van der Waals surface area contributed by atoms with Crippen LogP contribution in [0.5, 0.6) is 0 Å². The van der Waals surface area contributed by atoms with Gasteiger partial charge in [-0.05, 0) is 39.7 Å². The first kappa shape index (κ1) is 13.8. The fraction of sp³-hybridized carbons (Fsp3) is 0.154. The summed E-state index contributed by atoms with van der Waals surface area (Å²) in [5.74, 6) is -0.0411. The number of hydrogen-bond acceptors (Lipinski definition) is 2. The topological polar surface area (TPSA) is 29.1 Å².